The molecule has 0 heterocycles. The molecule has 7 heteroatoms. The first-order chi connectivity index (χ1) is 7.82. The highest BCUT2D eigenvalue weighted by Gasteiger charge is 2.35. The summed E-state index contributed by atoms with van der Waals surface area (Å²) >= 11 is 3.65. The van der Waals surface area contributed by atoms with E-state index in [4.69, 9.17) is 5.26 Å². The van der Waals surface area contributed by atoms with Gasteiger partial charge in [-0.25, -0.2) is 4.79 Å². The van der Waals surface area contributed by atoms with E-state index in [2.05, 4.69) is 17.4 Å². The second kappa shape index (κ2) is 4.67. The number of methoxy groups -OCH3 is 1. The molecule has 0 aliphatic rings. The van der Waals surface area contributed by atoms with Crippen LogP contribution in [0.2, 0.25) is 0 Å². The number of esters is 1. The zero-order valence-electron chi connectivity index (χ0n) is 8.50. The van der Waals surface area contributed by atoms with Crippen molar-refractivity contribution in [2.24, 2.45) is 0 Å². The van der Waals surface area contributed by atoms with Crippen molar-refractivity contribution in [3.8, 4) is 6.07 Å². The number of alkyl halides is 3. The van der Waals surface area contributed by atoms with Crippen molar-refractivity contribution in [3.05, 3.63) is 28.8 Å². The summed E-state index contributed by atoms with van der Waals surface area (Å²) < 4.78 is 42.0. The minimum Gasteiger partial charge on any atom is -0.465 e. The van der Waals surface area contributed by atoms with Crippen LogP contribution in [0.5, 0.6) is 0 Å². The number of hydrogen-bond acceptors (Lipinski definition) is 4. The molecule has 3 nitrogen and oxygen atoms in total. The number of carbonyl (C=O) groups excluding carboxylic acids is 1. The number of ether oxygens (including phenoxy) is 1. The van der Waals surface area contributed by atoms with Crippen molar-refractivity contribution < 1.29 is 22.7 Å². The highest BCUT2D eigenvalue weighted by Crippen LogP contribution is 2.36. The van der Waals surface area contributed by atoms with Crippen LogP contribution in [0.25, 0.3) is 0 Å². The zero-order valence-corrected chi connectivity index (χ0v) is 9.39. The quantitative estimate of drug-likeness (QED) is 0.624. The highest BCUT2D eigenvalue weighted by atomic mass is 32.1. The third kappa shape index (κ3) is 2.53. The first kappa shape index (κ1) is 13.4. The Morgan fingerprint density at radius 1 is 1.47 bits per heavy atom. The van der Waals surface area contributed by atoms with E-state index in [1.54, 1.807) is 6.07 Å². The highest BCUT2D eigenvalue weighted by molar-refractivity contribution is 7.80. The molecule has 0 spiro atoms. The lowest BCUT2D eigenvalue weighted by molar-refractivity contribution is -0.139. The van der Waals surface area contributed by atoms with Crippen molar-refractivity contribution in [2.45, 2.75) is 11.1 Å². The molecule has 0 fully saturated rings. The van der Waals surface area contributed by atoms with Gasteiger partial charge in [-0.05, 0) is 12.1 Å². The van der Waals surface area contributed by atoms with Crippen LogP contribution in [0, 0.1) is 11.3 Å². The molecule has 1 rings (SSSR count). The van der Waals surface area contributed by atoms with Gasteiger partial charge in [0.05, 0.1) is 23.8 Å². The van der Waals surface area contributed by atoms with Crippen LogP contribution >= 0.6 is 12.6 Å². The SMILES string of the molecule is COC(=O)c1c(C#N)ccc(C(F)(F)F)c1S. The van der Waals surface area contributed by atoms with Gasteiger partial charge in [-0.3, -0.25) is 0 Å². The fourth-order valence-corrected chi connectivity index (χ4v) is 1.63. The van der Waals surface area contributed by atoms with Crippen LogP contribution in [0.1, 0.15) is 21.5 Å². The van der Waals surface area contributed by atoms with E-state index in [1.807, 2.05) is 0 Å². The van der Waals surface area contributed by atoms with Crippen molar-refractivity contribution in [1.82, 2.24) is 0 Å². The molecule has 0 aliphatic heterocycles. The van der Waals surface area contributed by atoms with E-state index >= 15 is 0 Å². The first-order valence-corrected chi connectivity index (χ1v) is 4.69. The number of benzene rings is 1. The number of carbonyl (C=O) groups is 1. The summed E-state index contributed by atoms with van der Waals surface area (Å²) in [4.78, 5) is 10.7. The summed E-state index contributed by atoms with van der Waals surface area (Å²) in [6.07, 6.45) is -4.64. The lowest BCUT2D eigenvalue weighted by atomic mass is 10.0. The maximum absolute atomic E-state index is 12.5. The molecule has 0 N–H and O–H groups in total. The Labute approximate surface area is 100 Å². The third-order valence-corrected chi connectivity index (χ3v) is 2.46. The molecule has 1 aromatic rings. The maximum Gasteiger partial charge on any atom is 0.417 e. The molecule has 0 aliphatic carbocycles. The van der Waals surface area contributed by atoms with Gasteiger partial charge in [0.2, 0.25) is 0 Å². The molecule has 0 saturated heterocycles. The zero-order chi connectivity index (χ0) is 13.2. The standard InChI is InChI=1S/C10H6F3NO2S/c1-16-9(15)7-5(4-14)2-3-6(8(7)17)10(11,12)13/h2-3,17H,1H3. The number of nitriles is 1. The maximum atomic E-state index is 12.5. The number of thiol groups is 1. The summed E-state index contributed by atoms with van der Waals surface area (Å²) in [5.74, 6) is -1.03. The summed E-state index contributed by atoms with van der Waals surface area (Å²) in [6, 6.07) is 3.23. The molecular weight excluding hydrogens is 255 g/mol. The fraction of sp³-hybridized carbons (Fsp3) is 0.200. The third-order valence-electron chi connectivity index (χ3n) is 1.99. The van der Waals surface area contributed by atoms with Crippen LogP contribution in [-0.2, 0) is 10.9 Å². The van der Waals surface area contributed by atoms with E-state index in [9.17, 15) is 18.0 Å². The van der Waals surface area contributed by atoms with Crippen LogP contribution in [-0.4, -0.2) is 13.1 Å². The average molecular weight is 261 g/mol. The van der Waals surface area contributed by atoms with E-state index in [0.29, 0.717) is 6.07 Å². The molecule has 0 atom stereocenters. The molecule has 0 radical (unpaired) electrons. The minimum atomic E-state index is -4.64. The Morgan fingerprint density at radius 3 is 2.47 bits per heavy atom. The Balaban J connectivity index is 3.56. The Bertz CT molecular complexity index is 505. The summed E-state index contributed by atoms with van der Waals surface area (Å²) in [6.45, 7) is 0. The predicted octanol–water partition coefficient (Wildman–Crippen LogP) is 2.65. The normalized spacial score (nSPS) is 10.8. The summed E-state index contributed by atoms with van der Waals surface area (Å²) in [5, 5.41) is 8.71. The van der Waals surface area contributed by atoms with Crippen LogP contribution in [0.3, 0.4) is 0 Å². The van der Waals surface area contributed by atoms with Gasteiger partial charge in [0.15, 0.2) is 0 Å². The van der Waals surface area contributed by atoms with Crippen LogP contribution < -0.4 is 0 Å². The molecule has 0 amide bonds. The summed E-state index contributed by atoms with van der Waals surface area (Å²) in [5.41, 5.74) is -1.77. The molecule has 0 bridgehead atoms. The van der Waals surface area contributed by atoms with E-state index in [-0.39, 0.29) is 5.56 Å². The molecule has 0 saturated carbocycles. The predicted molar refractivity (Wildman–Crippen MR) is 54.8 cm³/mol. The van der Waals surface area contributed by atoms with E-state index in [0.717, 1.165) is 13.2 Å². The smallest absolute Gasteiger partial charge is 0.417 e. The van der Waals surface area contributed by atoms with Gasteiger partial charge in [-0.2, -0.15) is 18.4 Å². The van der Waals surface area contributed by atoms with Crippen molar-refractivity contribution >= 4 is 18.6 Å². The van der Waals surface area contributed by atoms with Gasteiger partial charge in [0, 0.05) is 4.90 Å². The summed E-state index contributed by atoms with van der Waals surface area (Å²) in [7, 11) is 1.01. The fourth-order valence-electron chi connectivity index (χ4n) is 1.22. The van der Waals surface area contributed by atoms with Gasteiger partial charge >= 0.3 is 12.1 Å². The van der Waals surface area contributed by atoms with E-state index in [1.165, 1.54) is 0 Å². The minimum absolute atomic E-state index is 0.213. The molecule has 1 aromatic carbocycles. The van der Waals surface area contributed by atoms with Gasteiger partial charge in [-0.1, -0.05) is 0 Å². The molecule has 17 heavy (non-hydrogen) atoms. The lowest BCUT2D eigenvalue weighted by Gasteiger charge is -2.13. The number of hydrogen-bond donors (Lipinski definition) is 1. The second-order valence-corrected chi connectivity index (χ2v) is 3.43. The van der Waals surface area contributed by atoms with Gasteiger partial charge in [-0.15, -0.1) is 12.6 Å². The average Bonchev–Trinajstić information content (AvgIpc) is 2.25. The monoisotopic (exact) mass is 261 g/mol. The van der Waals surface area contributed by atoms with Crippen molar-refractivity contribution in [3.63, 3.8) is 0 Å². The Morgan fingerprint density at radius 2 is 2.06 bits per heavy atom. The van der Waals surface area contributed by atoms with Gasteiger partial charge < -0.3 is 4.74 Å². The molecule has 90 valence electrons. The molecule has 0 aromatic heterocycles. The Hall–Kier alpha value is -1.68. The number of rotatable bonds is 1. The topological polar surface area (TPSA) is 50.1 Å². The van der Waals surface area contributed by atoms with Crippen LogP contribution in [0.15, 0.2) is 17.0 Å². The Kier molecular flexibility index (Phi) is 3.68. The van der Waals surface area contributed by atoms with Gasteiger partial charge in [0.25, 0.3) is 0 Å². The molecule has 0 unspecified atom stereocenters. The first-order valence-electron chi connectivity index (χ1n) is 4.24. The number of nitrogens with zero attached hydrogens (tertiary/aromatic N) is 1. The van der Waals surface area contributed by atoms with Crippen molar-refractivity contribution in [1.29, 1.82) is 5.26 Å². The number of halogens is 3. The largest absolute Gasteiger partial charge is 0.465 e. The van der Waals surface area contributed by atoms with E-state index < -0.39 is 28.2 Å². The lowest BCUT2D eigenvalue weighted by Crippen LogP contribution is -2.12. The second-order valence-electron chi connectivity index (χ2n) is 2.99. The van der Waals surface area contributed by atoms with Gasteiger partial charge in [0.1, 0.15) is 6.07 Å². The molecular formula is C10H6F3NO2S. The van der Waals surface area contributed by atoms with Crippen molar-refractivity contribution in [2.75, 3.05) is 7.11 Å². The van der Waals surface area contributed by atoms with Crippen LogP contribution in [0.4, 0.5) is 13.2 Å².